The van der Waals surface area contributed by atoms with E-state index < -0.39 is 0 Å². The van der Waals surface area contributed by atoms with Crippen LogP contribution in [0.1, 0.15) is 0 Å². The van der Waals surface area contributed by atoms with Crippen molar-refractivity contribution < 1.29 is 0 Å². The molecule has 0 aliphatic carbocycles. The van der Waals surface area contributed by atoms with Gasteiger partial charge in [-0.05, 0) is 22.4 Å². The van der Waals surface area contributed by atoms with Gasteiger partial charge in [-0.3, -0.25) is 0 Å². The Morgan fingerprint density at radius 3 is 2.88 bits per heavy atom. The first-order chi connectivity index (χ1) is 7.77. The van der Waals surface area contributed by atoms with Crippen molar-refractivity contribution in [2.24, 2.45) is 0 Å². The fourth-order valence-electron chi connectivity index (χ4n) is 1.52. The Balaban J connectivity index is 2.39. The zero-order valence-corrected chi connectivity index (χ0v) is 10.2. The summed E-state index contributed by atoms with van der Waals surface area (Å²) < 4.78 is 1.57. The summed E-state index contributed by atoms with van der Waals surface area (Å²) in [7, 11) is 0. The minimum absolute atomic E-state index is 0.399. The second-order valence-corrected chi connectivity index (χ2v) is 4.68. The van der Waals surface area contributed by atoms with E-state index in [0.717, 1.165) is 11.1 Å². The van der Waals surface area contributed by atoms with E-state index in [2.05, 4.69) is 10.1 Å². The molecule has 16 heavy (non-hydrogen) atoms. The van der Waals surface area contributed by atoms with Crippen LogP contribution >= 0.6 is 34.5 Å². The van der Waals surface area contributed by atoms with E-state index in [1.807, 2.05) is 16.8 Å². The van der Waals surface area contributed by atoms with Crippen LogP contribution in [0.2, 0.25) is 10.3 Å². The maximum absolute atomic E-state index is 6.26. The van der Waals surface area contributed by atoms with Crippen LogP contribution in [-0.4, -0.2) is 14.6 Å². The van der Waals surface area contributed by atoms with Gasteiger partial charge >= 0.3 is 0 Å². The standard InChI is InChI=1S/C10H5Cl2N3S/c11-9-8(6-2-4-16-5-6)10(12)15-7(14-9)1-3-13-15/h1-5H. The maximum Gasteiger partial charge on any atom is 0.158 e. The van der Waals surface area contributed by atoms with Crippen LogP contribution < -0.4 is 0 Å². The summed E-state index contributed by atoms with van der Waals surface area (Å²) >= 11 is 14.0. The molecule has 0 atom stereocenters. The van der Waals surface area contributed by atoms with Gasteiger partial charge in [0.25, 0.3) is 0 Å². The lowest BCUT2D eigenvalue weighted by molar-refractivity contribution is 0.942. The Kier molecular flexibility index (Phi) is 2.35. The first-order valence-electron chi connectivity index (χ1n) is 4.48. The van der Waals surface area contributed by atoms with Crippen LogP contribution in [0, 0.1) is 0 Å². The third kappa shape index (κ3) is 1.42. The average molecular weight is 270 g/mol. The van der Waals surface area contributed by atoms with E-state index in [0.29, 0.717) is 16.0 Å². The molecule has 3 aromatic heterocycles. The van der Waals surface area contributed by atoms with Crippen LogP contribution in [0.25, 0.3) is 16.8 Å². The monoisotopic (exact) mass is 269 g/mol. The van der Waals surface area contributed by atoms with E-state index in [-0.39, 0.29) is 0 Å². The van der Waals surface area contributed by atoms with Gasteiger partial charge in [-0.1, -0.05) is 23.2 Å². The summed E-state index contributed by atoms with van der Waals surface area (Å²) in [6.45, 7) is 0. The van der Waals surface area contributed by atoms with Gasteiger partial charge in [-0.2, -0.15) is 16.4 Å². The molecule has 6 heteroatoms. The first-order valence-corrected chi connectivity index (χ1v) is 6.18. The Hall–Kier alpha value is -1.10. The molecule has 0 aromatic carbocycles. The maximum atomic E-state index is 6.26. The zero-order valence-electron chi connectivity index (χ0n) is 7.89. The summed E-state index contributed by atoms with van der Waals surface area (Å²) in [5.41, 5.74) is 2.33. The predicted molar refractivity (Wildman–Crippen MR) is 66.3 cm³/mol. The van der Waals surface area contributed by atoms with Crippen LogP contribution in [0.5, 0.6) is 0 Å². The van der Waals surface area contributed by atoms with Gasteiger partial charge in [0.1, 0.15) is 10.3 Å². The van der Waals surface area contributed by atoms with Crippen molar-refractivity contribution in [1.29, 1.82) is 0 Å². The number of nitrogens with zero attached hydrogens (tertiary/aromatic N) is 3. The van der Waals surface area contributed by atoms with Gasteiger partial charge in [0.2, 0.25) is 0 Å². The van der Waals surface area contributed by atoms with E-state index >= 15 is 0 Å². The molecular weight excluding hydrogens is 265 g/mol. The Labute approximate surface area is 105 Å². The molecule has 0 aliphatic rings. The Bertz CT molecular complexity index is 645. The number of rotatable bonds is 1. The van der Waals surface area contributed by atoms with Gasteiger partial charge < -0.3 is 0 Å². The number of thiophene rings is 1. The third-order valence-corrected chi connectivity index (χ3v) is 3.55. The van der Waals surface area contributed by atoms with E-state index in [1.165, 1.54) is 0 Å². The van der Waals surface area contributed by atoms with Crippen LogP contribution in [0.3, 0.4) is 0 Å². The van der Waals surface area contributed by atoms with Gasteiger partial charge in [0, 0.05) is 6.07 Å². The number of hydrogen-bond acceptors (Lipinski definition) is 3. The van der Waals surface area contributed by atoms with Gasteiger partial charge in [-0.15, -0.1) is 0 Å². The quantitative estimate of drug-likeness (QED) is 0.630. The molecular formula is C10H5Cl2N3S. The summed E-state index contributed by atoms with van der Waals surface area (Å²) in [5, 5.41) is 8.92. The molecule has 3 heterocycles. The second-order valence-electron chi connectivity index (χ2n) is 3.18. The van der Waals surface area contributed by atoms with Gasteiger partial charge in [0.15, 0.2) is 5.65 Å². The predicted octanol–water partition coefficient (Wildman–Crippen LogP) is 3.76. The van der Waals surface area contributed by atoms with Crippen LogP contribution in [0.4, 0.5) is 0 Å². The first kappa shape index (κ1) is 10.1. The molecule has 0 unspecified atom stereocenters. The summed E-state index contributed by atoms with van der Waals surface area (Å²) in [5.74, 6) is 0. The van der Waals surface area contributed by atoms with E-state index in [9.17, 15) is 0 Å². The molecule has 80 valence electrons. The molecule has 0 saturated carbocycles. The number of halogens is 2. The zero-order chi connectivity index (χ0) is 11.1. The van der Waals surface area contributed by atoms with Crippen molar-refractivity contribution in [3.8, 4) is 11.1 Å². The SMILES string of the molecule is Clc1nc2ccnn2c(Cl)c1-c1ccsc1. The Morgan fingerprint density at radius 2 is 2.12 bits per heavy atom. The molecule has 0 bridgehead atoms. The fraction of sp³-hybridized carbons (Fsp3) is 0. The lowest BCUT2D eigenvalue weighted by atomic mass is 10.2. The molecule has 0 amide bonds. The number of aromatic nitrogens is 3. The van der Waals surface area contributed by atoms with Crippen molar-refractivity contribution in [3.63, 3.8) is 0 Å². The molecule has 0 N–H and O–H groups in total. The molecule has 0 saturated heterocycles. The molecule has 3 nitrogen and oxygen atoms in total. The average Bonchev–Trinajstić information content (AvgIpc) is 2.87. The Morgan fingerprint density at radius 1 is 1.25 bits per heavy atom. The minimum Gasteiger partial charge on any atom is -0.216 e. The third-order valence-electron chi connectivity index (χ3n) is 2.24. The lowest BCUT2D eigenvalue weighted by Crippen LogP contribution is -1.96. The molecule has 0 radical (unpaired) electrons. The second kappa shape index (κ2) is 3.73. The highest BCUT2D eigenvalue weighted by molar-refractivity contribution is 7.08. The van der Waals surface area contributed by atoms with E-state index in [4.69, 9.17) is 23.2 Å². The fourth-order valence-corrected chi connectivity index (χ4v) is 2.83. The topological polar surface area (TPSA) is 30.2 Å². The smallest absolute Gasteiger partial charge is 0.158 e. The summed E-state index contributed by atoms with van der Waals surface area (Å²) in [4.78, 5) is 4.24. The van der Waals surface area contributed by atoms with Crippen molar-refractivity contribution in [2.45, 2.75) is 0 Å². The molecule has 3 rings (SSSR count). The van der Waals surface area contributed by atoms with Crippen LogP contribution in [0.15, 0.2) is 29.1 Å². The lowest BCUT2D eigenvalue weighted by Gasteiger charge is -2.06. The highest BCUT2D eigenvalue weighted by Crippen LogP contribution is 2.34. The molecule has 0 aliphatic heterocycles. The van der Waals surface area contributed by atoms with Crippen molar-refractivity contribution in [3.05, 3.63) is 39.4 Å². The highest BCUT2D eigenvalue weighted by atomic mass is 35.5. The highest BCUT2D eigenvalue weighted by Gasteiger charge is 2.14. The summed E-state index contributed by atoms with van der Waals surface area (Å²) in [6, 6.07) is 3.71. The summed E-state index contributed by atoms with van der Waals surface area (Å²) in [6.07, 6.45) is 1.64. The molecule has 3 aromatic rings. The van der Waals surface area contributed by atoms with E-state index in [1.54, 1.807) is 28.1 Å². The van der Waals surface area contributed by atoms with Gasteiger partial charge in [-0.25, -0.2) is 9.50 Å². The van der Waals surface area contributed by atoms with Crippen LogP contribution in [-0.2, 0) is 0 Å². The normalized spacial score (nSPS) is 11.1. The largest absolute Gasteiger partial charge is 0.216 e. The van der Waals surface area contributed by atoms with Crippen molar-refractivity contribution in [2.75, 3.05) is 0 Å². The van der Waals surface area contributed by atoms with Crippen molar-refractivity contribution >= 4 is 40.2 Å². The van der Waals surface area contributed by atoms with Crippen molar-refractivity contribution in [1.82, 2.24) is 14.6 Å². The molecule has 0 fully saturated rings. The van der Waals surface area contributed by atoms with Gasteiger partial charge in [0.05, 0.1) is 11.8 Å². The minimum atomic E-state index is 0.399. The molecule has 0 spiro atoms. The number of hydrogen-bond donors (Lipinski definition) is 0. The number of fused-ring (bicyclic) bond motifs is 1.